The summed E-state index contributed by atoms with van der Waals surface area (Å²) < 4.78 is 5.16. The second-order valence-electron chi connectivity index (χ2n) is 5.55. The summed E-state index contributed by atoms with van der Waals surface area (Å²) in [6, 6.07) is 0.556. The highest BCUT2D eigenvalue weighted by Crippen LogP contribution is 2.06. The van der Waals surface area contributed by atoms with Gasteiger partial charge in [-0.3, -0.25) is 0 Å². The van der Waals surface area contributed by atoms with Crippen LogP contribution >= 0.6 is 0 Å². The van der Waals surface area contributed by atoms with Crippen LogP contribution < -0.4 is 5.32 Å². The molecule has 0 aromatic carbocycles. The molecule has 0 saturated heterocycles. The van der Waals surface area contributed by atoms with Crippen LogP contribution in [0.5, 0.6) is 0 Å². The SMILES string of the molecule is CCCC(C)N(C)CCNC(=O)OC(C)(C)C. The molecule has 4 nitrogen and oxygen atoms in total. The lowest BCUT2D eigenvalue weighted by molar-refractivity contribution is 0.0521. The lowest BCUT2D eigenvalue weighted by Gasteiger charge is -2.25. The van der Waals surface area contributed by atoms with Crippen molar-refractivity contribution in [2.75, 3.05) is 20.1 Å². The van der Waals surface area contributed by atoms with Gasteiger partial charge < -0.3 is 15.0 Å². The van der Waals surface area contributed by atoms with Crippen LogP contribution in [0, 0.1) is 0 Å². The van der Waals surface area contributed by atoms with Crippen LogP contribution in [0.4, 0.5) is 4.79 Å². The Bertz CT molecular complexity index is 224. The van der Waals surface area contributed by atoms with Crippen LogP contribution in [-0.2, 0) is 4.74 Å². The Balaban J connectivity index is 3.73. The molecule has 0 bridgehead atoms. The van der Waals surface area contributed by atoms with Crippen molar-refractivity contribution in [1.82, 2.24) is 10.2 Å². The van der Waals surface area contributed by atoms with Crippen LogP contribution in [0.15, 0.2) is 0 Å². The number of alkyl carbamates (subject to hydrolysis) is 1. The van der Waals surface area contributed by atoms with Gasteiger partial charge in [0.15, 0.2) is 0 Å². The van der Waals surface area contributed by atoms with Gasteiger partial charge >= 0.3 is 6.09 Å². The zero-order chi connectivity index (χ0) is 13.5. The van der Waals surface area contributed by atoms with Crippen LogP contribution in [0.1, 0.15) is 47.5 Å². The highest BCUT2D eigenvalue weighted by Gasteiger charge is 2.16. The minimum absolute atomic E-state index is 0.339. The maximum atomic E-state index is 11.4. The van der Waals surface area contributed by atoms with Gasteiger partial charge in [-0.15, -0.1) is 0 Å². The van der Waals surface area contributed by atoms with Crippen molar-refractivity contribution in [3.8, 4) is 0 Å². The molecule has 0 saturated carbocycles. The molecule has 0 aliphatic rings. The molecule has 0 aliphatic carbocycles. The Morgan fingerprint density at radius 1 is 1.41 bits per heavy atom. The molecule has 0 spiro atoms. The van der Waals surface area contributed by atoms with Gasteiger partial charge in [-0.25, -0.2) is 4.79 Å². The molecule has 0 aliphatic heterocycles. The van der Waals surface area contributed by atoms with Gasteiger partial charge in [-0.1, -0.05) is 13.3 Å². The summed E-state index contributed by atoms with van der Waals surface area (Å²) >= 11 is 0. The summed E-state index contributed by atoms with van der Waals surface area (Å²) in [5.41, 5.74) is -0.425. The van der Waals surface area contributed by atoms with E-state index in [1.54, 1.807) is 0 Å². The van der Waals surface area contributed by atoms with Crippen molar-refractivity contribution in [3.63, 3.8) is 0 Å². The van der Waals surface area contributed by atoms with Crippen molar-refractivity contribution in [3.05, 3.63) is 0 Å². The monoisotopic (exact) mass is 244 g/mol. The molecule has 1 amide bonds. The smallest absolute Gasteiger partial charge is 0.407 e. The molecular weight excluding hydrogens is 216 g/mol. The Hall–Kier alpha value is -0.770. The summed E-state index contributed by atoms with van der Waals surface area (Å²) in [6.45, 7) is 11.5. The van der Waals surface area contributed by atoms with E-state index in [4.69, 9.17) is 4.74 Å². The van der Waals surface area contributed by atoms with Crippen molar-refractivity contribution in [2.45, 2.75) is 59.1 Å². The average Bonchev–Trinajstić information content (AvgIpc) is 2.14. The van der Waals surface area contributed by atoms with E-state index in [9.17, 15) is 4.79 Å². The van der Waals surface area contributed by atoms with E-state index in [-0.39, 0.29) is 6.09 Å². The molecule has 17 heavy (non-hydrogen) atoms. The number of likely N-dealkylation sites (N-methyl/N-ethyl adjacent to an activating group) is 1. The number of carbonyl (C=O) groups excluding carboxylic acids is 1. The summed E-state index contributed by atoms with van der Waals surface area (Å²) in [7, 11) is 2.08. The number of carbonyl (C=O) groups is 1. The fraction of sp³-hybridized carbons (Fsp3) is 0.923. The van der Waals surface area contributed by atoms with Crippen molar-refractivity contribution in [2.24, 2.45) is 0 Å². The normalized spacial score (nSPS) is 13.6. The van der Waals surface area contributed by atoms with E-state index in [0.717, 1.165) is 6.54 Å². The van der Waals surface area contributed by atoms with E-state index >= 15 is 0 Å². The average molecular weight is 244 g/mol. The maximum absolute atomic E-state index is 11.4. The molecule has 0 radical (unpaired) electrons. The van der Waals surface area contributed by atoms with Gasteiger partial charge in [0.2, 0.25) is 0 Å². The minimum Gasteiger partial charge on any atom is -0.444 e. The van der Waals surface area contributed by atoms with E-state index < -0.39 is 5.60 Å². The zero-order valence-corrected chi connectivity index (χ0v) is 12.2. The molecule has 0 aromatic heterocycles. The largest absolute Gasteiger partial charge is 0.444 e. The third-order valence-electron chi connectivity index (χ3n) is 2.59. The third-order valence-corrected chi connectivity index (χ3v) is 2.59. The van der Waals surface area contributed by atoms with E-state index in [0.29, 0.717) is 12.6 Å². The number of nitrogens with zero attached hydrogens (tertiary/aromatic N) is 1. The molecular formula is C13H28N2O2. The lowest BCUT2D eigenvalue weighted by atomic mass is 10.2. The summed E-state index contributed by atoms with van der Waals surface area (Å²) in [5.74, 6) is 0. The first-order valence-electron chi connectivity index (χ1n) is 6.43. The zero-order valence-electron chi connectivity index (χ0n) is 12.2. The first-order chi connectivity index (χ1) is 7.76. The van der Waals surface area contributed by atoms with Crippen LogP contribution in [0.2, 0.25) is 0 Å². The quantitative estimate of drug-likeness (QED) is 0.781. The molecule has 1 unspecified atom stereocenters. The van der Waals surface area contributed by atoms with E-state index in [1.807, 2.05) is 20.8 Å². The summed E-state index contributed by atoms with van der Waals surface area (Å²) in [4.78, 5) is 13.6. The van der Waals surface area contributed by atoms with E-state index in [1.165, 1.54) is 12.8 Å². The lowest BCUT2D eigenvalue weighted by Crippen LogP contribution is -2.39. The molecule has 0 heterocycles. The fourth-order valence-corrected chi connectivity index (χ4v) is 1.51. The topological polar surface area (TPSA) is 41.6 Å². The Morgan fingerprint density at radius 2 is 2.00 bits per heavy atom. The number of hydrogen-bond acceptors (Lipinski definition) is 3. The van der Waals surface area contributed by atoms with Gasteiger partial charge in [0, 0.05) is 19.1 Å². The predicted molar refractivity (Wildman–Crippen MR) is 71.2 cm³/mol. The molecule has 0 aromatic rings. The van der Waals surface area contributed by atoms with Crippen LogP contribution in [0.3, 0.4) is 0 Å². The van der Waals surface area contributed by atoms with Gasteiger partial charge in [0.05, 0.1) is 0 Å². The van der Waals surface area contributed by atoms with Gasteiger partial charge in [0.25, 0.3) is 0 Å². The number of nitrogens with one attached hydrogen (secondary N) is 1. The fourth-order valence-electron chi connectivity index (χ4n) is 1.51. The molecule has 0 rings (SSSR count). The van der Waals surface area contributed by atoms with Gasteiger partial charge in [-0.05, 0) is 41.2 Å². The summed E-state index contributed by atoms with van der Waals surface area (Å²) in [5, 5.41) is 2.76. The van der Waals surface area contributed by atoms with Crippen molar-refractivity contribution in [1.29, 1.82) is 0 Å². The Labute approximate surface area is 106 Å². The molecule has 4 heteroatoms. The second-order valence-corrected chi connectivity index (χ2v) is 5.55. The molecule has 1 N–H and O–H groups in total. The number of ether oxygens (including phenoxy) is 1. The van der Waals surface area contributed by atoms with Crippen LogP contribution in [0.25, 0.3) is 0 Å². The first-order valence-corrected chi connectivity index (χ1v) is 6.43. The molecule has 0 fully saturated rings. The Morgan fingerprint density at radius 3 is 2.47 bits per heavy atom. The van der Waals surface area contributed by atoms with Crippen molar-refractivity contribution >= 4 is 6.09 Å². The highest BCUT2D eigenvalue weighted by atomic mass is 16.6. The third kappa shape index (κ3) is 8.98. The standard InChI is InChI=1S/C13H28N2O2/c1-7-8-11(2)15(6)10-9-14-12(16)17-13(3,4)5/h11H,7-10H2,1-6H3,(H,14,16). The predicted octanol–water partition coefficient (Wildman–Crippen LogP) is 2.63. The minimum atomic E-state index is -0.425. The highest BCUT2D eigenvalue weighted by molar-refractivity contribution is 5.67. The van der Waals surface area contributed by atoms with Gasteiger partial charge in [-0.2, -0.15) is 0 Å². The van der Waals surface area contributed by atoms with Gasteiger partial charge in [0.1, 0.15) is 5.60 Å². The number of amides is 1. The number of rotatable bonds is 6. The second kappa shape index (κ2) is 7.54. The van der Waals surface area contributed by atoms with Crippen molar-refractivity contribution < 1.29 is 9.53 Å². The van der Waals surface area contributed by atoms with Crippen LogP contribution in [-0.4, -0.2) is 42.8 Å². The molecule has 1 atom stereocenters. The maximum Gasteiger partial charge on any atom is 0.407 e. The summed E-state index contributed by atoms with van der Waals surface area (Å²) in [6.07, 6.45) is 2.03. The molecule has 102 valence electrons. The van der Waals surface area contributed by atoms with E-state index in [2.05, 4.69) is 31.1 Å². The number of hydrogen-bond donors (Lipinski definition) is 1. The Kier molecular flexibility index (Phi) is 7.19. The first kappa shape index (κ1) is 16.2.